The summed E-state index contributed by atoms with van der Waals surface area (Å²) in [7, 11) is 0. The number of nitrogens with one attached hydrogen (secondary N) is 1. The van der Waals surface area contributed by atoms with Crippen LogP contribution in [0.3, 0.4) is 0 Å². The minimum Gasteiger partial charge on any atom is -0.348 e. The van der Waals surface area contributed by atoms with Crippen molar-refractivity contribution in [2.24, 2.45) is 0 Å². The molecule has 1 amide bonds. The number of thiazole rings is 1. The highest BCUT2D eigenvalue weighted by molar-refractivity contribution is 7.98. The topological polar surface area (TPSA) is 85.6 Å². The van der Waals surface area contributed by atoms with E-state index in [0.717, 1.165) is 39.8 Å². The molecule has 0 bridgehead atoms. The fraction of sp³-hybridized carbons (Fsp3) is 0.320. The summed E-state index contributed by atoms with van der Waals surface area (Å²) in [5, 5.41) is 16.2. The van der Waals surface area contributed by atoms with Gasteiger partial charge in [-0.25, -0.2) is 4.98 Å². The van der Waals surface area contributed by atoms with Crippen molar-refractivity contribution in [3.63, 3.8) is 0 Å². The Balaban J connectivity index is 1.37. The Morgan fingerprint density at radius 3 is 2.77 bits per heavy atom. The molecule has 0 radical (unpaired) electrons. The second-order valence-electron chi connectivity index (χ2n) is 8.53. The lowest BCUT2D eigenvalue weighted by molar-refractivity contribution is 0.0923. The van der Waals surface area contributed by atoms with E-state index in [1.165, 1.54) is 42.4 Å². The number of hydrogen-bond acceptors (Lipinski definition) is 7. The fourth-order valence-electron chi connectivity index (χ4n) is 4.21. The Bertz CT molecular complexity index is 1320. The van der Waals surface area contributed by atoms with Gasteiger partial charge >= 0.3 is 0 Å². The zero-order valence-corrected chi connectivity index (χ0v) is 21.7. The van der Waals surface area contributed by atoms with Crippen LogP contribution in [0, 0.1) is 6.92 Å². The maximum atomic E-state index is 12.7. The van der Waals surface area contributed by atoms with Crippen LogP contribution in [0.5, 0.6) is 0 Å². The maximum Gasteiger partial charge on any atom is 0.270 e. The minimum atomic E-state index is -0.0814. The SMILES string of the molecule is Cc1ccc(Cl)cc1-n1c(SCc2nc(C(=O)NC3CCCCC3)cs2)nnc1-c1ccncc1. The number of pyridine rings is 1. The number of aryl methyl sites for hydroxylation is 1. The van der Waals surface area contributed by atoms with Gasteiger partial charge in [0.2, 0.25) is 0 Å². The van der Waals surface area contributed by atoms with Crippen molar-refractivity contribution in [2.45, 2.75) is 56.0 Å². The van der Waals surface area contributed by atoms with Crippen LogP contribution in [0.4, 0.5) is 0 Å². The predicted octanol–water partition coefficient (Wildman–Crippen LogP) is 6.10. The second-order valence-corrected chi connectivity index (χ2v) is 10.9. The van der Waals surface area contributed by atoms with E-state index in [1.54, 1.807) is 12.4 Å². The van der Waals surface area contributed by atoms with Crippen LogP contribution in [0.1, 0.15) is 53.2 Å². The van der Waals surface area contributed by atoms with Gasteiger partial charge in [0.25, 0.3) is 5.91 Å². The molecule has 7 nitrogen and oxygen atoms in total. The number of hydrogen-bond donors (Lipinski definition) is 1. The number of rotatable bonds is 7. The quantitative estimate of drug-likeness (QED) is 0.294. The van der Waals surface area contributed by atoms with Crippen molar-refractivity contribution < 1.29 is 4.79 Å². The van der Waals surface area contributed by atoms with E-state index in [9.17, 15) is 4.79 Å². The highest BCUT2D eigenvalue weighted by Crippen LogP contribution is 2.32. The van der Waals surface area contributed by atoms with Crippen LogP contribution in [-0.2, 0) is 5.75 Å². The molecule has 1 aliphatic rings. The number of carbonyl (C=O) groups excluding carboxylic acids is 1. The van der Waals surface area contributed by atoms with Gasteiger partial charge in [-0.3, -0.25) is 14.3 Å². The normalized spacial score (nSPS) is 14.2. The van der Waals surface area contributed by atoms with Crippen LogP contribution in [0.15, 0.2) is 53.3 Å². The second kappa shape index (κ2) is 10.9. The van der Waals surface area contributed by atoms with Crippen molar-refractivity contribution in [1.29, 1.82) is 0 Å². The summed E-state index contributed by atoms with van der Waals surface area (Å²) in [6.07, 6.45) is 9.19. The summed E-state index contributed by atoms with van der Waals surface area (Å²) in [5.41, 5.74) is 3.38. The molecule has 1 aliphatic carbocycles. The van der Waals surface area contributed by atoms with Gasteiger partial charge in [-0.05, 0) is 49.6 Å². The van der Waals surface area contributed by atoms with E-state index >= 15 is 0 Å². The lowest BCUT2D eigenvalue weighted by Crippen LogP contribution is -2.36. The lowest BCUT2D eigenvalue weighted by atomic mass is 9.95. The van der Waals surface area contributed by atoms with E-state index in [0.29, 0.717) is 22.3 Å². The summed E-state index contributed by atoms with van der Waals surface area (Å²) < 4.78 is 2.02. The molecule has 5 rings (SSSR count). The van der Waals surface area contributed by atoms with Crippen molar-refractivity contribution in [3.05, 3.63) is 69.4 Å². The first-order chi connectivity index (χ1) is 17.1. The molecule has 0 unspecified atom stereocenters. The number of thioether (sulfide) groups is 1. The average Bonchev–Trinajstić information content (AvgIpc) is 3.53. The molecule has 1 fully saturated rings. The van der Waals surface area contributed by atoms with Crippen LogP contribution in [0.2, 0.25) is 5.02 Å². The Kier molecular flexibility index (Phi) is 7.46. The van der Waals surface area contributed by atoms with Crippen LogP contribution in [-0.4, -0.2) is 36.7 Å². The zero-order valence-electron chi connectivity index (χ0n) is 19.3. The molecule has 0 saturated heterocycles. The molecule has 0 aliphatic heterocycles. The molecule has 0 atom stereocenters. The fourth-order valence-corrected chi connectivity index (χ4v) is 6.11. The number of amides is 1. The maximum absolute atomic E-state index is 12.7. The first-order valence-corrected chi connectivity index (χ1v) is 13.8. The molecule has 3 heterocycles. The van der Waals surface area contributed by atoms with Gasteiger partial charge in [0.05, 0.1) is 11.4 Å². The number of halogens is 1. The smallest absolute Gasteiger partial charge is 0.270 e. The Hall–Kier alpha value is -2.75. The third-order valence-corrected chi connectivity index (χ3v) is 8.24. The van der Waals surface area contributed by atoms with Crippen molar-refractivity contribution in [1.82, 2.24) is 30.0 Å². The zero-order chi connectivity index (χ0) is 24.2. The van der Waals surface area contributed by atoms with Gasteiger partial charge in [0, 0.05) is 34.4 Å². The molecule has 35 heavy (non-hydrogen) atoms. The van der Waals surface area contributed by atoms with Gasteiger partial charge in [-0.15, -0.1) is 21.5 Å². The molecule has 3 aromatic heterocycles. The standard InChI is InChI=1S/C25H25ClN6OS2/c1-16-7-8-18(26)13-21(16)32-23(17-9-11-27-12-10-17)30-31-25(32)35-15-22-29-20(14-34-22)24(33)28-19-5-3-2-4-6-19/h7-14,19H,2-6,15H2,1H3,(H,28,33). The van der Waals surface area contributed by atoms with Gasteiger partial charge in [-0.1, -0.05) is 48.7 Å². The highest BCUT2D eigenvalue weighted by Gasteiger charge is 2.21. The molecular formula is C25H25ClN6OS2. The summed E-state index contributed by atoms with van der Waals surface area (Å²) in [6.45, 7) is 2.04. The number of benzene rings is 1. The lowest BCUT2D eigenvalue weighted by Gasteiger charge is -2.22. The monoisotopic (exact) mass is 524 g/mol. The third kappa shape index (κ3) is 5.58. The van der Waals surface area contributed by atoms with E-state index in [1.807, 2.05) is 47.2 Å². The van der Waals surface area contributed by atoms with Crippen LogP contribution in [0.25, 0.3) is 17.1 Å². The van der Waals surface area contributed by atoms with Gasteiger partial charge < -0.3 is 5.32 Å². The average molecular weight is 525 g/mol. The first kappa shape index (κ1) is 24.0. The number of aromatic nitrogens is 5. The predicted molar refractivity (Wildman–Crippen MR) is 140 cm³/mol. The van der Waals surface area contributed by atoms with Crippen LogP contribution >= 0.6 is 34.7 Å². The largest absolute Gasteiger partial charge is 0.348 e. The summed E-state index contributed by atoms with van der Waals surface area (Å²) in [5.74, 6) is 1.21. The molecule has 180 valence electrons. The van der Waals surface area contributed by atoms with Crippen LogP contribution < -0.4 is 5.32 Å². The van der Waals surface area contributed by atoms with E-state index in [2.05, 4.69) is 25.5 Å². The molecule has 1 saturated carbocycles. The van der Waals surface area contributed by atoms with Crippen molar-refractivity contribution in [3.8, 4) is 17.1 Å². The van der Waals surface area contributed by atoms with Crippen molar-refractivity contribution >= 4 is 40.6 Å². The molecule has 1 N–H and O–H groups in total. The number of nitrogens with zero attached hydrogens (tertiary/aromatic N) is 5. The van der Waals surface area contributed by atoms with Crippen molar-refractivity contribution in [2.75, 3.05) is 0 Å². The Labute approximate surface area is 217 Å². The number of carbonyl (C=O) groups is 1. The molecule has 10 heteroatoms. The van der Waals surface area contributed by atoms with Gasteiger partial charge in [0.15, 0.2) is 11.0 Å². The Morgan fingerprint density at radius 2 is 1.97 bits per heavy atom. The minimum absolute atomic E-state index is 0.0814. The van der Waals surface area contributed by atoms with Gasteiger partial charge in [-0.2, -0.15) is 0 Å². The van der Waals surface area contributed by atoms with Gasteiger partial charge in [0.1, 0.15) is 10.7 Å². The Morgan fingerprint density at radius 1 is 1.17 bits per heavy atom. The summed E-state index contributed by atoms with van der Waals surface area (Å²) in [4.78, 5) is 21.4. The summed E-state index contributed by atoms with van der Waals surface area (Å²) >= 11 is 9.37. The molecule has 1 aromatic carbocycles. The van der Waals surface area contributed by atoms with E-state index in [4.69, 9.17) is 11.6 Å². The highest BCUT2D eigenvalue weighted by atomic mass is 35.5. The van der Waals surface area contributed by atoms with E-state index in [-0.39, 0.29) is 11.9 Å². The molecule has 4 aromatic rings. The first-order valence-electron chi connectivity index (χ1n) is 11.6. The summed E-state index contributed by atoms with van der Waals surface area (Å²) in [6, 6.07) is 9.87. The third-order valence-electron chi connectivity index (χ3n) is 6.03. The van der Waals surface area contributed by atoms with E-state index < -0.39 is 0 Å². The molecule has 0 spiro atoms. The molecular weight excluding hydrogens is 500 g/mol.